The van der Waals surface area contributed by atoms with Gasteiger partial charge in [0.1, 0.15) is 11.8 Å². The fourth-order valence-electron chi connectivity index (χ4n) is 1.98. The SMILES string of the molecule is CC(C)CC(C)NCc1ccccc1OCC#N. The summed E-state index contributed by atoms with van der Waals surface area (Å²) in [5.74, 6) is 1.49. The minimum Gasteiger partial charge on any atom is -0.478 e. The zero-order valence-electron chi connectivity index (χ0n) is 11.4. The van der Waals surface area contributed by atoms with Crippen LogP contribution in [-0.2, 0) is 6.54 Å². The van der Waals surface area contributed by atoms with E-state index in [9.17, 15) is 0 Å². The number of para-hydroxylation sites is 1. The predicted octanol–water partition coefficient (Wildman–Crippen LogP) is 3.11. The van der Waals surface area contributed by atoms with Crippen LogP contribution in [0.25, 0.3) is 0 Å². The number of nitriles is 1. The molecule has 0 amide bonds. The number of nitrogens with zero attached hydrogens (tertiary/aromatic N) is 1. The lowest BCUT2D eigenvalue weighted by atomic mass is 10.0. The van der Waals surface area contributed by atoms with Gasteiger partial charge >= 0.3 is 0 Å². The lowest BCUT2D eigenvalue weighted by molar-refractivity contribution is 0.360. The average molecular weight is 246 g/mol. The van der Waals surface area contributed by atoms with Crippen LogP contribution in [0.4, 0.5) is 0 Å². The molecule has 3 nitrogen and oxygen atoms in total. The smallest absolute Gasteiger partial charge is 0.174 e. The average Bonchev–Trinajstić information content (AvgIpc) is 2.34. The highest BCUT2D eigenvalue weighted by atomic mass is 16.5. The van der Waals surface area contributed by atoms with Gasteiger partial charge in [0.25, 0.3) is 0 Å². The number of rotatable bonds is 7. The van der Waals surface area contributed by atoms with Crippen LogP contribution < -0.4 is 10.1 Å². The molecule has 0 aromatic heterocycles. The second-order valence-corrected chi connectivity index (χ2v) is 4.97. The van der Waals surface area contributed by atoms with Crippen molar-refractivity contribution < 1.29 is 4.74 Å². The Balaban J connectivity index is 2.53. The van der Waals surface area contributed by atoms with Crippen molar-refractivity contribution in [2.45, 2.75) is 39.8 Å². The molecule has 0 aliphatic heterocycles. The van der Waals surface area contributed by atoms with Gasteiger partial charge in [-0.1, -0.05) is 32.0 Å². The van der Waals surface area contributed by atoms with Crippen LogP contribution in [-0.4, -0.2) is 12.6 Å². The van der Waals surface area contributed by atoms with Crippen molar-refractivity contribution >= 4 is 0 Å². The minimum atomic E-state index is 0.0958. The van der Waals surface area contributed by atoms with Crippen LogP contribution in [0.15, 0.2) is 24.3 Å². The van der Waals surface area contributed by atoms with Crippen molar-refractivity contribution in [2.75, 3.05) is 6.61 Å². The van der Waals surface area contributed by atoms with E-state index in [4.69, 9.17) is 10.00 Å². The number of benzene rings is 1. The Labute approximate surface area is 110 Å². The normalized spacial score (nSPS) is 12.2. The first-order valence-electron chi connectivity index (χ1n) is 6.44. The zero-order valence-corrected chi connectivity index (χ0v) is 11.4. The molecule has 0 saturated carbocycles. The molecule has 1 unspecified atom stereocenters. The van der Waals surface area contributed by atoms with Crippen LogP contribution >= 0.6 is 0 Å². The summed E-state index contributed by atoms with van der Waals surface area (Å²) >= 11 is 0. The summed E-state index contributed by atoms with van der Waals surface area (Å²) in [6.45, 7) is 7.51. The molecule has 0 aliphatic carbocycles. The van der Waals surface area contributed by atoms with Crippen molar-refractivity contribution in [1.29, 1.82) is 5.26 Å². The lowest BCUT2D eigenvalue weighted by Crippen LogP contribution is -2.27. The van der Waals surface area contributed by atoms with E-state index < -0.39 is 0 Å². The maximum atomic E-state index is 8.55. The molecule has 0 fully saturated rings. The zero-order chi connectivity index (χ0) is 13.4. The third-order valence-corrected chi connectivity index (χ3v) is 2.73. The van der Waals surface area contributed by atoms with Crippen LogP contribution in [0.3, 0.4) is 0 Å². The summed E-state index contributed by atoms with van der Waals surface area (Å²) in [6, 6.07) is 10.3. The van der Waals surface area contributed by atoms with E-state index in [1.54, 1.807) is 0 Å². The highest BCUT2D eigenvalue weighted by Crippen LogP contribution is 2.18. The van der Waals surface area contributed by atoms with Gasteiger partial charge in [0.2, 0.25) is 0 Å². The summed E-state index contributed by atoms with van der Waals surface area (Å²) in [6.07, 6.45) is 1.15. The van der Waals surface area contributed by atoms with E-state index in [-0.39, 0.29) is 6.61 Å². The summed E-state index contributed by atoms with van der Waals surface area (Å²) in [7, 11) is 0. The second kappa shape index (κ2) is 7.73. The van der Waals surface area contributed by atoms with Gasteiger partial charge in [-0.3, -0.25) is 0 Å². The van der Waals surface area contributed by atoms with E-state index in [1.807, 2.05) is 30.3 Å². The molecule has 0 radical (unpaired) electrons. The lowest BCUT2D eigenvalue weighted by Gasteiger charge is -2.17. The van der Waals surface area contributed by atoms with E-state index >= 15 is 0 Å². The molecule has 3 heteroatoms. The Morgan fingerprint density at radius 1 is 1.28 bits per heavy atom. The van der Waals surface area contributed by atoms with Crippen molar-refractivity contribution in [3.05, 3.63) is 29.8 Å². The second-order valence-electron chi connectivity index (χ2n) is 4.97. The standard InChI is InChI=1S/C15H22N2O/c1-12(2)10-13(3)17-11-14-6-4-5-7-15(14)18-9-8-16/h4-7,12-13,17H,9-11H2,1-3H3. The number of hydrogen-bond donors (Lipinski definition) is 1. The molecule has 0 aliphatic rings. The largest absolute Gasteiger partial charge is 0.478 e. The predicted molar refractivity (Wildman–Crippen MR) is 73.3 cm³/mol. The van der Waals surface area contributed by atoms with Crippen LogP contribution in [0.5, 0.6) is 5.75 Å². The van der Waals surface area contributed by atoms with Gasteiger partial charge in [-0.15, -0.1) is 0 Å². The van der Waals surface area contributed by atoms with Crippen molar-refractivity contribution in [3.8, 4) is 11.8 Å². The molecule has 0 saturated heterocycles. The van der Waals surface area contributed by atoms with E-state index in [0.29, 0.717) is 12.0 Å². The first-order valence-corrected chi connectivity index (χ1v) is 6.44. The molecule has 1 rings (SSSR count). The van der Waals surface area contributed by atoms with Crippen LogP contribution in [0, 0.1) is 17.2 Å². The van der Waals surface area contributed by atoms with Gasteiger partial charge in [0, 0.05) is 18.2 Å². The Morgan fingerprint density at radius 2 is 2.00 bits per heavy atom. The molecule has 0 bridgehead atoms. The Kier molecular flexibility index (Phi) is 6.24. The molecule has 18 heavy (non-hydrogen) atoms. The maximum Gasteiger partial charge on any atom is 0.174 e. The number of hydrogen-bond acceptors (Lipinski definition) is 3. The first kappa shape index (κ1) is 14.5. The van der Waals surface area contributed by atoms with Crippen molar-refractivity contribution in [1.82, 2.24) is 5.32 Å². The fraction of sp³-hybridized carbons (Fsp3) is 0.533. The molecule has 1 aromatic rings. The van der Waals surface area contributed by atoms with E-state index in [0.717, 1.165) is 24.3 Å². The quantitative estimate of drug-likeness (QED) is 0.804. The molecular formula is C15H22N2O. The maximum absolute atomic E-state index is 8.55. The fourth-order valence-corrected chi connectivity index (χ4v) is 1.98. The first-order chi connectivity index (χ1) is 8.63. The summed E-state index contributed by atoms with van der Waals surface area (Å²) < 4.78 is 5.40. The highest BCUT2D eigenvalue weighted by Gasteiger charge is 2.07. The molecule has 0 spiro atoms. The molecule has 98 valence electrons. The van der Waals surface area contributed by atoms with Gasteiger partial charge in [-0.05, 0) is 25.3 Å². The Hall–Kier alpha value is -1.53. The van der Waals surface area contributed by atoms with Gasteiger partial charge in [-0.2, -0.15) is 5.26 Å². The van der Waals surface area contributed by atoms with Crippen LogP contribution in [0.1, 0.15) is 32.8 Å². The molecular weight excluding hydrogens is 224 g/mol. The highest BCUT2D eigenvalue weighted by molar-refractivity contribution is 5.33. The summed E-state index contributed by atoms with van der Waals surface area (Å²) in [5, 5.41) is 12.0. The van der Waals surface area contributed by atoms with Crippen LogP contribution in [0.2, 0.25) is 0 Å². The van der Waals surface area contributed by atoms with Gasteiger partial charge in [-0.25, -0.2) is 0 Å². The van der Waals surface area contributed by atoms with E-state index in [2.05, 4.69) is 26.1 Å². The molecule has 1 aromatic carbocycles. The van der Waals surface area contributed by atoms with Gasteiger partial charge in [0.15, 0.2) is 6.61 Å². The Morgan fingerprint density at radius 3 is 2.67 bits per heavy atom. The van der Waals surface area contributed by atoms with Crippen molar-refractivity contribution in [2.24, 2.45) is 5.92 Å². The number of ether oxygens (including phenoxy) is 1. The summed E-state index contributed by atoms with van der Waals surface area (Å²) in [5.41, 5.74) is 1.10. The van der Waals surface area contributed by atoms with Gasteiger partial charge in [0.05, 0.1) is 0 Å². The number of nitrogens with one attached hydrogen (secondary N) is 1. The molecule has 0 heterocycles. The third-order valence-electron chi connectivity index (χ3n) is 2.73. The van der Waals surface area contributed by atoms with E-state index in [1.165, 1.54) is 0 Å². The minimum absolute atomic E-state index is 0.0958. The topological polar surface area (TPSA) is 45.0 Å². The Bertz CT molecular complexity index is 396. The van der Waals surface area contributed by atoms with Crippen molar-refractivity contribution in [3.63, 3.8) is 0 Å². The summed E-state index contributed by atoms with van der Waals surface area (Å²) in [4.78, 5) is 0. The third kappa shape index (κ3) is 5.20. The molecule has 1 atom stereocenters. The van der Waals surface area contributed by atoms with Gasteiger partial charge < -0.3 is 10.1 Å². The molecule has 1 N–H and O–H groups in total. The monoisotopic (exact) mass is 246 g/mol.